The Bertz CT molecular complexity index is 1710. The number of hydrogen-bond acceptors (Lipinski definition) is 6. The van der Waals surface area contributed by atoms with Crippen LogP contribution in [0.1, 0.15) is 24.0 Å². The lowest BCUT2D eigenvalue weighted by atomic mass is 9.98. The fraction of sp³-hybridized carbons (Fsp3) is 0.267. The molecule has 8 heteroatoms. The van der Waals surface area contributed by atoms with E-state index in [4.69, 9.17) is 4.74 Å². The number of hydrogen-bond donors (Lipinski definition) is 1. The third-order valence-corrected chi connectivity index (χ3v) is 7.35. The largest absolute Gasteiger partial charge is 0.490 e. The molecule has 1 saturated heterocycles. The first kappa shape index (κ1) is 23.9. The van der Waals surface area contributed by atoms with Crippen LogP contribution in [0.25, 0.3) is 33.3 Å². The number of H-pyrrole nitrogens is 1. The van der Waals surface area contributed by atoms with Gasteiger partial charge in [-0.2, -0.15) is 5.26 Å². The summed E-state index contributed by atoms with van der Waals surface area (Å²) in [6.45, 7) is 3.31. The Morgan fingerprint density at radius 3 is 2.66 bits per heavy atom. The lowest BCUT2D eigenvalue weighted by Gasteiger charge is -2.28. The van der Waals surface area contributed by atoms with Gasteiger partial charge in [0, 0.05) is 27.9 Å². The lowest BCUT2D eigenvalue weighted by molar-refractivity contribution is 0.159. The number of nitrogens with zero attached hydrogens (tertiary/aromatic N) is 5. The third kappa shape index (κ3) is 4.76. The van der Waals surface area contributed by atoms with E-state index in [0.29, 0.717) is 36.2 Å². The molecule has 38 heavy (non-hydrogen) atoms. The van der Waals surface area contributed by atoms with Crippen LogP contribution in [0.2, 0.25) is 0 Å². The summed E-state index contributed by atoms with van der Waals surface area (Å²) in [5.41, 5.74) is 3.94. The number of aromatic amines is 1. The van der Waals surface area contributed by atoms with Crippen molar-refractivity contribution in [2.45, 2.75) is 19.4 Å². The van der Waals surface area contributed by atoms with Gasteiger partial charge in [0.25, 0.3) is 5.56 Å². The number of likely N-dealkylation sites (tertiary alicyclic amines) is 1. The Labute approximate surface area is 220 Å². The normalized spacial score (nSPS) is 14.6. The topological polar surface area (TPSA) is 99.8 Å². The van der Waals surface area contributed by atoms with Crippen molar-refractivity contribution in [3.05, 3.63) is 88.5 Å². The van der Waals surface area contributed by atoms with Crippen molar-refractivity contribution in [2.75, 3.05) is 26.7 Å². The first-order valence-electron chi connectivity index (χ1n) is 12.9. The van der Waals surface area contributed by atoms with Gasteiger partial charge in [0.15, 0.2) is 11.6 Å². The molecule has 0 atom stereocenters. The number of aromatic nitrogens is 4. The zero-order valence-electron chi connectivity index (χ0n) is 21.2. The fourth-order valence-electron chi connectivity index (χ4n) is 5.14. The van der Waals surface area contributed by atoms with Crippen LogP contribution in [0.5, 0.6) is 5.75 Å². The Hall–Kier alpha value is -4.48. The summed E-state index contributed by atoms with van der Waals surface area (Å²) in [4.78, 5) is 27.7. The molecular weight excluding hydrogens is 476 g/mol. The molecule has 1 fully saturated rings. The van der Waals surface area contributed by atoms with E-state index in [9.17, 15) is 10.1 Å². The van der Waals surface area contributed by atoms with E-state index in [-0.39, 0.29) is 5.56 Å². The Balaban J connectivity index is 1.22. The van der Waals surface area contributed by atoms with Gasteiger partial charge < -0.3 is 14.6 Å². The fourth-order valence-corrected chi connectivity index (χ4v) is 5.14. The van der Waals surface area contributed by atoms with Gasteiger partial charge in [-0.05, 0) is 74.8 Å². The predicted octanol–water partition coefficient (Wildman–Crippen LogP) is 4.58. The highest BCUT2D eigenvalue weighted by atomic mass is 16.5. The molecule has 1 aliphatic heterocycles. The number of benzene rings is 2. The van der Waals surface area contributed by atoms with Crippen molar-refractivity contribution in [3.63, 3.8) is 0 Å². The molecule has 0 spiro atoms. The minimum absolute atomic E-state index is 0.0997. The molecule has 0 bridgehead atoms. The summed E-state index contributed by atoms with van der Waals surface area (Å²) in [5.74, 6) is 1.86. The second kappa shape index (κ2) is 10.1. The van der Waals surface area contributed by atoms with Crippen LogP contribution in [0.3, 0.4) is 0 Å². The molecule has 0 amide bonds. The summed E-state index contributed by atoms with van der Waals surface area (Å²) < 4.78 is 7.69. The van der Waals surface area contributed by atoms with Crippen LogP contribution in [-0.2, 0) is 6.54 Å². The molecule has 0 unspecified atom stereocenters. The third-order valence-electron chi connectivity index (χ3n) is 7.35. The number of fused-ring (bicyclic) bond motifs is 3. The van der Waals surface area contributed by atoms with Crippen molar-refractivity contribution in [1.82, 2.24) is 24.4 Å². The first-order valence-corrected chi connectivity index (χ1v) is 12.9. The average Bonchev–Trinajstić information content (AvgIpc) is 3.33. The Morgan fingerprint density at radius 2 is 1.87 bits per heavy atom. The summed E-state index contributed by atoms with van der Waals surface area (Å²) in [6.07, 6.45) is 5.77. The van der Waals surface area contributed by atoms with Crippen molar-refractivity contribution < 1.29 is 4.74 Å². The quantitative estimate of drug-likeness (QED) is 0.363. The van der Waals surface area contributed by atoms with E-state index in [0.717, 1.165) is 59.0 Å². The first-order chi connectivity index (χ1) is 18.6. The van der Waals surface area contributed by atoms with Crippen LogP contribution in [0, 0.1) is 17.2 Å². The Morgan fingerprint density at radius 1 is 1.05 bits per heavy atom. The second-order valence-corrected chi connectivity index (χ2v) is 10.0. The zero-order chi connectivity index (χ0) is 26.1. The average molecular weight is 505 g/mol. The zero-order valence-corrected chi connectivity index (χ0v) is 21.2. The molecule has 0 saturated carbocycles. The highest BCUT2D eigenvalue weighted by Crippen LogP contribution is 2.26. The molecule has 5 aromatic rings. The van der Waals surface area contributed by atoms with Crippen molar-refractivity contribution in [1.29, 1.82) is 5.26 Å². The highest BCUT2D eigenvalue weighted by Gasteiger charge is 2.17. The van der Waals surface area contributed by atoms with E-state index in [1.807, 2.05) is 42.5 Å². The molecule has 1 aliphatic rings. The number of piperidine rings is 1. The summed E-state index contributed by atoms with van der Waals surface area (Å²) >= 11 is 0. The van der Waals surface area contributed by atoms with Crippen LogP contribution in [-0.4, -0.2) is 51.2 Å². The van der Waals surface area contributed by atoms with E-state index in [1.165, 1.54) is 0 Å². The number of rotatable bonds is 6. The second-order valence-electron chi connectivity index (χ2n) is 10.0. The number of pyridine rings is 1. The van der Waals surface area contributed by atoms with Crippen molar-refractivity contribution >= 4 is 21.9 Å². The number of ether oxygens (including phenoxy) is 1. The van der Waals surface area contributed by atoms with Crippen molar-refractivity contribution in [3.8, 4) is 23.2 Å². The standard InChI is InChI=1S/C30H28N6O2/c1-35-11-9-20(10-12-35)19-38-24-16-32-29(33-17-24)23-4-2-3-22(13-23)18-36-28(37)8-6-25-26-14-21(15-31)5-7-27(26)34-30(25)36/h2-8,13-14,16-17,20,34H,9-12,18-19H2,1H3. The van der Waals surface area contributed by atoms with Gasteiger partial charge in [0.2, 0.25) is 0 Å². The summed E-state index contributed by atoms with van der Waals surface area (Å²) in [7, 11) is 2.16. The van der Waals surface area contributed by atoms with Crippen LogP contribution in [0.4, 0.5) is 0 Å². The van der Waals surface area contributed by atoms with E-state index in [2.05, 4.69) is 33.0 Å². The summed E-state index contributed by atoms with van der Waals surface area (Å²) in [6, 6.07) is 19.0. The maximum absolute atomic E-state index is 12.9. The maximum Gasteiger partial charge on any atom is 0.252 e. The molecule has 8 nitrogen and oxygen atoms in total. The molecule has 6 rings (SSSR count). The molecule has 4 heterocycles. The van der Waals surface area contributed by atoms with Gasteiger partial charge in [0.05, 0.1) is 37.2 Å². The molecule has 0 aliphatic carbocycles. The monoisotopic (exact) mass is 504 g/mol. The highest BCUT2D eigenvalue weighted by molar-refractivity contribution is 6.06. The number of nitrogens with one attached hydrogen (secondary N) is 1. The van der Waals surface area contributed by atoms with Crippen LogP contribution in [0.15, 0.2) is 71.8 Å². The van der Waals surface area contributed by atoms with Gasteiger partial charge in [-0.25, -0.2) is 9.97 Å². The molecular formula is C30H28N6O2. The van der Waals surface area contributed by atoms with Gasteiger partial charge in [-0.1, -0.05) is 18.2 Å². The minimum atomic E-state index is -0.0997. The molecule has 0 radical (unpaired) electrons. The maximum atomic E-state index is 12.9. The van der Waals surface area contributed by atoms with Gasteiger partial charge >= 0.3 is 0 Å². The summed E-state index contributed by atoms with van der Waals surface area (Å²) in [5, 5.41) is 11.1. The molecule has 190 valence electrons. The molecule has 2 aromatic carbocycles. The van der Waals surface area contributed by atoms with Gasteiger partial charge in [0.1, 0.15) is 5.65 Å². The van der Waals surface area contributed by atoms with Gasteiger partial charge in [-0.15, -0.1) is 0 Å². The minimum Gasteiger partial charge on any atom is -0.490 e. The Kier molecular flexibility index (Phi) is 6.36. The van der Waals surface area contributed by atoms with E-state index >= 15 is 0 Å². The lowest BCUT2D eigenvalue weighted by Crippen LogP contribution is -2.32. The SMILES string of the molecule is CN1CCC(COc2cnc(-c3cccc(Cn4c(=O)ccc5c6cc(C#N)ccc6[nH]c54)c3)nc2)CC1. The smallest absolute Gasteiger partial charge is 0.252 e. The van der Waals surface area contributed by atoms with Crippen LogP contribution < -0.4 is 10.3 Å². The predicted molar refractivity (Wildman–Crippen MR) is 147 cm³/mol. The van der Waals surface area contributed by atoms with E-state index in [1.54, 1.807) is 29.1 Å². The molecule has 3 aromatic heterocycles. The van der Waals surface area contributed by atoms with E-state index < -0.39 is 0 Å². The van der Waals surface area contributed by atoms with Crippen LogP contribution >= 0.6 is 0 Å². The number of nitriles is 1. The molecule has 1 N–H and O–H groups in total. The van der Waals surface area contributed by atoms with Crippen molar-refractivity contribution in [2.24, 2.45) is 5.92 Å². The van der Waals surface area contributed by atoms with Gasteiger partial charge in [-0.3, -0.25) is 9.36 Å².